The Labute approximate surface area is 96.0 Å². The minimum absolute atomic E-state index is 0.161. The van der Waals surface area contributed by atoms with Gasteiger partial charge in [-0.3, -0.25) is 4.79 Å². The Balaban J connectivity index is 3.21. The smallest absolute Gasteiger partial charge is 0.265 e. The van der Waals surface area contributed by atoms with E-state index < -0.39 is 0 Å². The predicted molar refractivity (Wildman–Crippen MR) is 60.8 cm³/mol. The van der Waals surface area contributed by atoms with Crippen LogP contribution in [0.4, 0.5) is 0 Å². The second-order valence-corrected chi connectivity index (χ2v) is 4.53. The van der Waals surface area contributed by atoms with Crippen molar-refractivity contribution in [2.45, 2.75) is 32.1 Å². The van der Waals surface area contributed by atoms with Gasteiger partial charge >= 0.3 is 0 Å². The molecule has 0 amide bonds. The molecule has 0 aromatic carbocycles. The van der Waals surface area contributed by atoms with E-state index in [1.165, 1.54) is 0 Å². The maximum atomic E-state index is 11.4. The molecule has 0 aliphatic rings. The Morgan fingerprint density at radius 2 is 2.29 bits per heavy atom. The minimum atomic E-state index is -0.272. The predicted octanol–water partition coefficient (Wildman–Crippen LogP) is 2.78. The van der Waals surface area contributed by atoms with E-state index in [-0.39, 0.29) is 10.9 Å². The lowest BCUT2D eigenvalue weighted by molar-refractivity contribution is 0.805. The van der Waals surface area contributed by atoms with Crippen LogP contribution >= 0.6 is 27.5 Å². The first kappa shape index (κ1) is 11.7. The van der Waals surface area contributed by atoms with E-state index in [9.17, 15) is 4.79 Å². The molecule has 0 spiro atoms. The normalized spacial score (nSPS) is 12.9. The summed E-state index contributed by atoms with van der Waals surface area (Å²) in [4.78, 5) is 18.4. The summed E-state index contributed by atoms with van der Waals surface area (Å²) in [5.41, 5.74) is 0.615. The maximum absolute atomic E-state index is 11.4. The first-order chi connectivity index (χ1) is 6.56. The summed E-state index contributed by atoms with van der Waals surface area (Å²) in [5, 5.41) is -0.272. The Morgan fingerprint density at radius 3 is 2.79 bits per heavy atom. The number of halogens is 2. The second kappa shape index (κ2) is 4.94. The molecule has 0 aliphatic heterocycles. The molecule has 0 aliphatic carbocycles. The largest absolute Gasteiger partial charge is 0.308 e. The van der Waals surface area contributed by atoms with Gasteiger partial charge in [0, 0.05) is 0 Å². The van der Waals surface area contributed by atoms with Crippen LogP contribution in [0.5, 0.6) is 0 Å². The molecule has 0 radical (unpaired) electrons. The van der Waals surface area contributed by atoms with E-state index in [1.54, 1.807) is 6.92 Å². The third-order valence-electron chi connectivity index (χ3n) is 1.81. The van der Waals surface area contributed by atoms with Gasteiger partial charge < -0.3 is 4.98 Å². The second-order valence-electron chi connectivity index (χ2n) is 3.08. The molecular formula is C9H12BrClN2O. The number of H-pyrrole nitrogens is 1. The van der Waals surface area contributed by atoms with Gasteiger partial charge in [-0.15, -0.1) is 11.6 Å². The molecule has 1 unspecified atom stereocenters. The molecule has 0 fully saturated rings. The Kier molecular flexibility index (Phi) is 4.13. The van der Waals surface area contributed by atoms with Crippen LogP contribution in [0.1, 0.15) is 37.2 Å². The van der Waals surface area contributed by atoms with Crippen LogP contribution in [0.15, 0.2) is 9.27 Å². The Hall–Kier alpha value is -0.350. The van der Waals surface area contributed by atoms with Gasteiger partial charge in [0.05, 0.1) is 11.1 Å². The van der Waals surface area contributed by atoms with Crippen molar-refractivity contribution in [3.05, 3.63) is 26.3 Å². The molecule has 1 atom stereocenters. The van der Waals surface area contributed by atoms with E-state index in [0.717, 1.165) is 18.5 Å². The summed E-state index contributed by atoms with van der Waals surface area (Å²) in [6, 6.07) is 0. The molecule has 1 N–H and O–H groups in total. The van der Waals surface area contributed by atoms with Crippen molar-refractivity contribution in [2.75, 3.05) is 0 Å². The number of hydrogen-bond acceptors (Lipinski definition) is 2. The van der Waals surface area contributed by atoms with Crippen molar-refractivity contribution in [1.82, 2.24) is 9.97 Å². The third kappa shape index (κ3) is 2.58. The molecule has 5 heteroatoms. The summed E-state index contributed by atoms with van der Waals surface area (Å²) in [5.74, 6) is 0.531. The average molecular weight is 280 g/mol. The van der Waals surface area contributed by atoms with Gasteiger partial charge in [-0.2, -0.15) is 0 Å². The van der Waals surface area contributed by atoms with Crippen LogP contribution in [0.2, 0.25) is 0 Å². The zero-order valence-electron chi connectivity index (χ0n) is 8.10. The number of rotatable bonds is 3. The quantitative estimate of drug-likeness (QED) is 0.865. The molecule has 78 valence electrons. The van der Waals surface area contributed by atoms with Crippen LogP contribution in [0.25, 0.3) is 0 Å². The van der Waals surface area contributed by atoms with Crippen molar-refractivity contribution >= 4 is 27.5 Å². The average Bonchev–Trinajstić information content (AvgIpc) is 2.12. The van der Waals surface area contributed by atoms with Crippen molar-refractivity contribution in [3.8, 4) is 0 Å². The summed E-state index contributed by atoms with van der Waals surface area (Å²) in [6.45, 7) is 3.82. The first-order valence-corrected chi connectivity index (χ1v) is 5.71. The molecule has 0 saturated carbocycles. The highest BCUT2D eigenvalue weighted by Crippen LogP contribution is 2.17. The number of aromatic amines is 1. The lowest BCUT2D eigenvalue weighted by Gasteiger charge is -2.06. The molecule has 0 saturated heterocycles. The molecule has 1 rings (SSSR count). The highest BCUT2D eigenvalue weighted by molar-refractivity contribution is 9.10. The fourth-order valence-corrected chi connectivity index (χ4v) is 1.60. The summed E-state index contributed by atoms with van der Waals surface area (Å²) in [7, 11) is 0. The third-order valence-corrected chi connectivity index (χ3v) is 2.84. The van der Waals surface area contributed by atoms with Crippen LogP contribution in [-0.2, 0) is 6.42 Å². The SMILES string of the molecule is CCCc1nc(C(C)Cl)[nH]c(=O)c1Br. The first-order valence-electron chi connectivity index (χ1n) is 4.49. The van der Waals surface area contributed by atoms with Crippen LogP contribution in [-0.4, -0.2) is 9.97 Å². The van der Waals surface area contributed by atoms with Gasteiger partial charge in [-0.1, -0.05) is 13.3 Å². The molecule has 1 aromatic heterocycles. The zero-order valence-corrected chi connectivity index (χ0v) is 10.4. The van der Waals surface area contributed by atoms with Gasteiger partial charge in [-0.05, 0) is 29.3 Å². The van der Waals surface area contributed by atoms with Gasteiger partial charge in [0.25, 0.3) is 5.56 Å². The van der Waals surface area contributed by atoms with Crippen LogP contribution < -0.4 is 5.56 Å². The van der Waals surface area contributed by atoms with E-state index >= 15 is 0 Å². The summed E-state index contributed by atoms with van der Waals surface area (Å²) < 4.78 is 0.514. The van der Waals surface area contributed by atoms with Gasteiger partial charge in [0.1, 0.15) is 10.3 Å². The molecule has 3 nitrogen and oxygen atoms in total. The Morgan fingerprint density at radius 1 is 1.64 bits per heavy atom. The fraction of sp³-hybridized carbons (Fsp3) is 0.556. The van der Waals surface area contributed by atoms with Gasteiger partial charge in [0.15, 0.2) is 0 Å². The topological polar surface area (TPSA) is 45.8 Å². The zero-order chi connectivity index (χ0) is 10.7. The fourth-order valence-electron chi connectivity index (χ4n) is 1.12. The molecule has 14 heavy (non-hydrogen) atoms. The minimum Gasteiger partial charge on any atom is -0.308 e. The molecule has 0 bridgehead atoms. The number of hydrogen-bond donors (Lipinski definition) is 1. The highest BCUT2D eigenvalue weighted by Gasteiger charge is 2.10. The molecular weight excluding hydrogens is 267 g/mol. The monoisotopic (exact) mass is 278 g/mol. The lowest BCUT2D eigenvalue weighted by Crippen LogP contribution is -2.15. The standard InChI is InChI=1S/C9H12BrClN2O/c1-3-4-6-7(10)9(14)13-8(12-6)5(2)11/h5H,3-4H2,1-2H3,(H,12,13,14). The number of nitrogens with zero attached hydrogens (tertiary/aromatic N) is 1. The van der Waals surface area contributed by atoms with Gasteiger partial charge in [-0.25, -0.2) is 4.98 Å². The number of alkyl halides is 1. The van der Waals surface area contributed by atoms with Crippen molar-refractivity contribution < 1.29 is 0 Å². The van der Waals surface area contributed by atoms with Crippen molar-refractivity contribution in [1.29, 1.82) is 0 Å². The molecule has 1 heterocycles. The molecule has 1 aromatic rings. The van der Waals surface area contributed by atoms with E-state index in [0.29, 0.717) is 10.3 Å². The van der Waals surface area contributed by atoms with E-state index in [4.69, 9.17) is 11.6 Å². The van der Waals surface area contributed by atoms with Crippen molar-refractivity contribution in [3.63, 3.8) is 0 Å². The van der Waals surface area contributed by atoms with Crippen LogP contribution in [0.3, 0.4) is 0 Å². The Bertz CT molecular complexity index is 376. The van der Waals surface area contributed by atoms with Gasteiger partial charge in [0.2, 0.25) is 0 Å². The lowest BCUT2D eigenvalue weighted by atomic mass is 10.2. The van der Waals surface area contributed by atoms with Crippen molar-refractivity contribution in [2.24, 2.45) is 0 Å². The summed E-state index contributed by atoms with van der Waals surface area (Å²) >= 11 is 9.07. The summed E-state index contributed by atoms with van der Waals surface area (Å²) in [6.07, 6.45) is 1.73. The number of aryl methyl sites for hydroxylation is 1. The van der Waals surface area contributed by atoms with Crippen LogP contribution in [0, 0.1) is 0 Å². The highest BCUT2D eigenvalue weighted by atomic mass is 79.9. The van der Waals surface area contributed by atoms with E-state index in [1.807, 2.05) is 6.92 Å². The van der Waals surface area contributed by atoms with E-state index in [2.05, 4.69) is 25.9 Å². The maximum Gasteiger partial charge on any atom is 0.265 e. The number of nitrogens with one attached hydrogen (secondary N) is 1. The number of aromatic nitrogens is 2.